The fourth-order valence-electron chi connectivity index (χ4n) is 0.345. The molecule has 0 aliphatic heterocycles. The summed E-state index contributed by atoms with van der Waals surface area (Å²) in [6, 6.07) is 0. The number of amidine groups is 1. The molecule has 0 aromatic carbocycles. The molecule has 9 heavy (non-hydrogen) atoms. The van der Waals surface area contributed by atoms with Gasteiger partial charge in [-0.25, -0.2) is 0 Å². The first-order valence-corrected chi connectivity index (χ1v) is 2.61. The number of ketones is 1. The van der Waals surface area contributed by atoms with Crippen LogP contribution in [0.15, 0.2) is 5.16 Å². The minimum atomic E-state index is -0.336. The average molecular weight is 130 g/mol. The molecule has 0 aliphatic carbocycles. The smallest absolute Gasteiger partial charge is 0.206 e. The van der Waals surface area contributed by atoms with Gasteiger partial charge in [0.15, 0.2) is 0 Å². The maximum absolute atomic E-state index is 10.7. The Labute approximate surface area is 53.3 Å². The molecule has 0 rings (SSSR count). The molecule has 4 nitrogen and oxygen atoms in total. The Balaban J connectivity index is 4.06. The summed E-state index contributed by atoms with van der Waals surface area (Å²) < 4.78 is 0. The van der Waals surface area contributed by atoms with Crippen LogP contribution in [0.1, 0.15) is 13.8 Å². The van der Waals surface area contributed by atoms with Crippen molar-refractivity contribution in [1.82, 2.24) is 0 Å². The molecule has 0 amide bonds. The lowest BCUT2D eigenvalue weighted by molar-refractivity contribution is -0.115. The lowest BCUT2D eigenvalue weighted by Gasteiger charge is -1.98. The lowest BCUT2D eigenvalue weighted by Crippen LogP contribution is -2.27. The molecule has 0 saturated heterocycles. The highest BCUT2D eigenvalue weighted by Crippen LogP contribution is 1.92. The molecule has 0 bridgehead atoms. The van der Waals surface area contributed by atoms with Gasteiger partial charge < -0.3 is 10.9 Å². The summed E-state index contributed by atoms with van der Waals surface area (Å²) in [5.41, 5.74) is 4.97. The normalized spacial score (nSPS) is 12.1. The predicted molar refractivity (Wildman–Crippen MR) is 33.3 cm³/mol. The van der Waals surface area contributed by atoms with Gasteiger partial charge in [0.05, 0.1) is 0 Å². The second kappa shape index (κ2) is 3.06. The third kappa shape index (κ3) is 2.12. The standard InChI is InChI=1S/C5H10N2O2/c1-3(2)4(8)5(6)7-9/h3,9H,1-2H3,(H2,6,7). The fraction of sp³-hybridized carbons (Fsp3) is 0.600. The molecular formula is C5H10N2O2. The lowest BCUT2D eigenvalue weighted by atomic mass is 10.1. The van der Waals surface area contributed by atoms with Crippen LogP contribution in [0.5, 0.6) is 0 Å². The number of Topliss-reactive ketones (excluding diaryl/α,β-unsaturated/α-hetero) is 1. The maximum Gasteiger partial charge on any atom is 0.206 e. The van der Waals surface area contributed by atoms with Crippen LogP contribution < -0.4 is 5.73 Å². The Bertz CT molecular complexity index is 140. The van der Waals surface area contributed by atoms with Crippen LogP contribution in [0.2, 0.25) is 0 Å². The summed E-state index contributed by atoms with van der Waals surface area (Å²) in [7, 11) is 0. The first kappa shape index (κ1) is 7.94. The zero-order valence-corrected chi connectivity index (χ0v) is 5.46. The monoisotopic (exact) mass is 130 g/mol. The zero-order valence-electron chi connectivity index (χ0n) is 5.46. The van der Waals surface area contributed by atoms with Crippen molar-refractivity contribution < 1.29 is 10.0 Å². The van der Waals surface area contributed by atoms with E-state index < -0.39 is 0 Å². The van der Waals surface area contributed by atoms with E-state index in [-0.39, 0.29) is 17.5 Å². The molecule has 52 valence electrons. The molecule has 0 unspecified atom stereocenters. The van der Waals surface area contributed by atoms with Crippen molar-refractivity contribution in [3.63, 3.8) is 0 Å². The Kier molecular flexibility index (Phi) is 2.70. The summed E-state index contributed by atoms with van der Waals surface area (Å²) in [5.74, 6) is -0.872. The van der Waals surface area contributed by atoms with E-state index in [1.54, 1.807) is 13.8 Å². The second-order valence-electron chi connectivity index (χ2n) is 2.00. The van der Waals surface area contributed by atoms with E-state index in [2.05, 4.69) is 5.16 Å². The van der Waals surface area contributed by atoms with Crippen LogP contribution in [0.25, 0.3) is 0 Å². The van der Waals surface area contributed by atoms with Crippen LogP contribution in [0, 0.1) is 5.92 Å². The van der Waals surface area contributed by atoms with Crippen LogP contribution >= 0.6 is 0 Å². The van der Waals surface area contributed by atoms with Gasteiger partial charge >= 0.3 is 0 Å². The van der Waals surface area contributed by atoms with E-state index in [0.717, 1.165) is 0 Å². The van der Waals surface area contributed by atoms with Gasteiger partial charge in [-0.15, -0.1) is 0 Å². The highest BCUT2D eigenvalue weighted by molar-refractivity contribution is 6.38. The number of nitrogens with two attached hydrogens (primary N) is 1. The number of carbonyl (C=O) groups excluding carboxylic acids is 1. The van der Waals surface area contributed by atoms with Crippen LogP contribution in [-0.4, -0.2) is 16.8 Å². The van der Waals surface area contributed by atoms with E-state index in [9.17, 15) is 4.79 Å². The highest BCUT2D eigenvalue weighted by atomic mass is 16.4. The Morgan fingerprint density at radius 1 is 1.67 bits per heavy atom. The van der Waals surface area contributed by atoms with Gasteiger partial charge in [0.25, 0.3) is 0 Å². The first-order valence-electron chi connectivity index (χ1n) is 2.61. The second-order valence-corrected chi connectivity index (χ2v) is 2.00. The number of nitrogens with zero attached hydrogens (tertiary/aromatic N) is 1. The summed E-state index contributed by atoms with van der Waals surface area (Å²) in [5, 5.41) is 10.6. The van der Waals surface area contributed by atoms with Crippen molar-refractivity contribution >= 4 is 11.6 Å². The highest BCUT2D eigenvalue weighted by Gasteiger charge is 2.11. The van der Waals surface area contributed by atoms with Crippen LogP contribution in [0.3, 0.4) is 0 Å². The van der Waals surface area contributed by atoms with Gasteiger partial charge in [0.2, 0.25) is 11.6 Å². The van der Waals surface area contributed by atoms with Crippen molar-refractivity contribution in [2.75, 3.05) is 0 Å². The molecule has 0 atom stereocenters. The molecule has 4 heteroatoms. The van der Waals surface area contributed by atoms with Gasteiger partial charge in [0.1, 0.15) is 0 Å². The quantitative estimate of drug-likeness (QED) is 0.238. The summed E-state index contributed by atoms with van der Waals surface area (Å²) in [6.07, 6.45) is 0. The Morgan fingerprint density at radius 3 is 2.22 bits per heavy atom. The fourth-order valence-corrected chi connectivity index (χ4v) is 0.345. The predicted octanol–water partition coefficient (Wildman–Crippen LogP) is -0.0421. The molecule has 0 aliphatic rings. The summed E-state index contributed by atoms with van der Waals surface area (Å²) in [4.78, 5) is 10.7. The van der Waals surface area contributed by atoms with E-state index in [1.807, 2.05) is 0 Å². The van der Waals surface area contributed by atoms with Gasteiger partial charge in [-0.2, -0.15) is 0 Å². The molecule has 0 heterocycles. The van der Waals surface area contributed by atoms with E-state index >= 15 is 0 Å². The van der Waals surface area contributed by atoms with Gasteiger partial charge in [-0.3, -0.25) is 4.79 Å². The average Bonchev–Trinajstić information content (AvgIpc) is 1.84. The van der Waals surface area contributed by atoms with Crippen molar-refractivity contribution in [3.05, 3.63) is 0 Å². The Hall–Kier alpha value is -1.06. The molecule has 0 saturated carbocycles. The molecule has 0 fully saturated rings. The first-order chi connectivity index (χ1) is 4.09. The van der Waals surface area contributed by atoms with Gasteiger partial charge in [-0.1, -0.05) is 19.0 Å². The molecule has 0 spiro atoms. The number of hydrogen-bond acceptors (Lipinski definition) is 3. The third-order valence-electron chi connectivity index (χ3n) is 0.885. The van der Waals surface area contributed by atoms with Crippen molar-refractivity contribution in [2.45, 2.75) is 13.8 Å². The van der Waals surface area contributed by atoms with Gasteiger partial charge in [0, 0.05) is 5.92 Å². The van der Waals surface area contributed by atoms with Crippen molar-refractivity contribution in [2.24, 2.45) is 16.8 Å². The molecule has 0 aromatic heterocycles. The SMILES string of the molecule is CC(C)C(=O)/C(N)=N/O. The molecule has 3 N–H and O–H groups in total. The number of hydrogen-bond donors (Lipinski definition) is 2. The third-order valence-corrected chi connectivity index (χ3v) is 0.885. The van der Waals surface area contributed by atoms with E-state index in [1.165, 1.54) is 0 Å². The van der Waals surface area contributed by atoms with Crippen molar-refractivity contribution in [3.8, 4) is 0 Å². The van der Waals surface area contributed by atoms with Gasteiger partial charge in [-0.05, 0) is 0 Å². The minimum absolute atomic E-state index is 0.208. The molecular weight excluding hydrogens is 120 g/mol. The number of oxime groups is 1. The topological polar surface area (TPSA) is 75.7 Å². The largest absolute Gasteiger partial charge is 0.409 e. The molecule has 0 aromatic rings. The van der Waals surface area contributed by atoms with E-state index in [4.69, 9.17) is 10.9 Å². The summed E-state index contributed by atoms with van der Waals surface area (Å²) >= 11 is 0. The Morgan fingerprint density at radius 2 is 2.11 bits per heavy atom. The number of rotatable bonds is 2. The minimum Gasteiger partial charge on any atom is -0.409 e. The van der Waals surface area contributed by atoms with Crippen LogP contribution in [-0.2, 0) is 4.79 Å². The maximum atomic E-state index is 10.7. The number of carbonyl (C=O) groups is 1. The van der Waals surface area contributed by atoms with E-state index in [0.29, 0.717) is 0 Å². The zero-order chi connectivity index (χ0) is 7.44. The molecule has 0 radical (unpaired) electrons. The summed E-state index contributed by atoms with van der Waals surface area (Å²) in [6.45, 7) is 3.36. The van der Waals surface area contributed by atoms with Crippen LogP contribution in [0.4, 0.5) is 0 Å². The van der Waals surface area contributed by atoms with Crippen molar-refractivity contribution in [1.29, 1.82) is 0 Å².